The van der Waals surface area contributed by atoms with E-state index in [1.54, 1.807) is 0 Å². The molecule has 0 saturated carbocycles. The molecule has 112 valence electrons. The molecule has 0 bridgehead atoms. The number of rotatable bonds is 9. The van der Waals surface area contributed by atoms with Crippen molar-refractivity contribution in [3.05, 3.63) is 0 Å². The van der Waals surface area contributed by atoms with Gasteiger partial charge in [-0.15, -0.1) is 0 Å². The van der Waals surface area contributed by atoms with E-state index < -0.39 is 11.9 Å². The van der Waals surface area contributed by atoms with Crippen molar-refractivity contribution in [2.24, 2.45) is 29.2 Å². The summed E-state index contributed by atoms with van der Waals surface area (Å²) in [5.74, 6) is 0.368. The first kappa shape index (κ1) is 17.9. The van der Waals surface area contributed by atoms with Gasteiger partial charge in [-0.1, -0.05) is 27.7 Å². The summed E-state index contributed by atoms with van der Waals surface area (Å²) in [7, 11) is 0. The van der Waals surface area contributed by atoms with E-state index in [-0.39, 0.29) is 11.8 Å². The van der Waals surface area contributed by atoms with Gasteiger partial charge < -0.3 is 16.8 Å². The van der Waals surface area contributed by atoms with Gasteiger partial charge in [0, 0.05) is 6.42 Å². The number of carbonyl (C=O) groups is 2. The predicted molar refractivity (Wildman–Crippen MR) is 77.2 cm³/mol. The van der Waals surface area contributed by atoms with Crippen LogP contribution in [0.15, 0.2) is 0 Å². The molecule has 5 heteroatoms. The molecule has 0 aliphatic rings. The van der Waals surface area contributed by atoms with E-state index in [1.807, 2.05) is 13.8 Å². The third-order valence-corrected chi connectivity index (χ3v) is 3.51. The molecule has 0 saturated heterocycles. The second-order valence-corrected chi connectivity index (χ2v) is 5.81. The van der Waals surface area contributed by atoms with Gasteiger partial charge in [0.2, 0.25) is 11.8 Å². The van der Waals surface area contributed by atoms with E-state index in [0.717, 1.165) is 12.8 Å². The Hall–Kier alpha value is -1.10. The summed E-state index contributed by atoms with van der Waals surface area (Å²) in [5, 5.41) is 2.71. The van der Waals surface area contributed by atoms with Gasteiger partial charge in [0.15, 0.2) is 0 Å². The van der Waals surface area contributed by atoms with Crippen LogP contribution in [0.2, 0.25) is 0 Å². The maximum Gasteiger partial charge on any atom is 0.240 e. The van der Waals surface area contributed by atoms with Crippen LogP contribution in [0.25, 0.3) is 0 Å². The third kappa shape index (κ3) is 7.15. The molecule has 0 aromatic carbocycles. The summed E-state index contributed by atoms with van der Waals surface area (Å²) in [5.41, 5.74) is 10.8. The summed E-state index contributed by atoms with van der Waals surface area (Å²) < 4.78 is 0. The van der Waals surface area contributed by atoms with Gasteiger partial charge in [0.1, 0.15) is 6.04 Å². The van der Waals surface area contributed by atoms with E-state index in [0.29, 0.717) is 24.8 Å². The first-order chi connectivity index (χ1) is 8.79. The monoisotopic (exact) mass is 271 g/mol. The van der Waals surface area contributed by atoms with Crippen LogP contribution < -0.4 is 16.8 Å². The van der Waals surface area contributed by atoms with E-state index in [1.165, 1.54) is 0 Å². The van der Waals surface area contributed by atoms with Crippen LogP contribution >= 0.6 is 0 Å². The van der Waals surface area contributed by atoms with E-state index in [9.17, 15) is 9.59 Å². The molecule has 0 aliphatic carbocycles. The molecule has 0 rings (SSSR count). The standard InChI is InChI=1S/C14H29N3O2/c1-9(2)11(7-8-15)5-6-12(18)17-13(10(3)4)14(16)19/h9-11,13H,5-8,15H2,1-4H3,(H2,16,19)(H,17,18). The van der Waals surface area contributed by atoms with Gasteiger partial charge in [0.25, 0.3) is 0 Å². The summed E-state index contributed by atoms with van der Waals surface area (Å²) >= 11 is 0. The molecule has 2 amide bonds. The molecule has 0 fully saturated rings. The fourth-order valence-electron chi connectivity index (χ4n) is 2.15. The zero-order valence-electron chi connectivity index (χ0n) is 12.6. The average Bonchev–Trinajstić information content (AvgIpc) is 2.30. The minimum absolute atomic E-state index is 0.00591. The number of hydrogen-bond acceptors (Lipinski definition) is 3. The zero-order valence-corrected chi connectivity index (χ0v) is 12.6. The van der Waals surface area contributed by atoms with Crippen molar-refractivity contribution in [2.45, 2.75) is 53.0 Å². The lowest BCUT2D eigenvalue weighted by Gasteiger charge is -2.22. The molecule has 0 aromatic rings. The molecule has 2 atom stereocenters. The highest BCUT2D eigenvalue weighted by Gasteiger charge is 2.22. The van der Waals surface area contributed by atoms with Crippen molar-refractivity contribution >= 4 is 11.8 Å². The average molecular weight is 271 g/mol. The molecule has 0 spiro atoms. The van der Waals surface area contributed by atoms with Crippen LogP contribution in [0.4, 0.5) is 0 Å². The molecule has 0 aromatic heterocycles. The van der Waals surface area contributed by atoms with Gasteiger partial charge >= 0.3 is 0 Å². The molecule has 5 N–H and O–H groups in total. The van der Waals surface area contributed by atoms with E-state index >= 15 is 0 Å². The number of hydrogen-bond donors (Lipinski definition) is 3. The second-order valence-electron chi connectivity index (χ2n) is 5.81. The van der Waals surface area contributed by atoms with Crippen molar-refractivity contribution < 1.29 is 9.59 Å². The Bertz CT molecular complexity index is 290. The van der Waals surface area contributed by atoms with E-state index in [2.05, 4.69) is 19.2 Å². The Morgan fingerprint density at radius 3 is 2.00 bits per heavy atom. The summed E-state index contributed by atoms with van der Waals surface area (Å²) in [6, 6.07) is -0.584. The smallest absolute Gasteiger partial charge is 0.240 e. The fraction of sp³-hybridized carbons (Fsp3) is 0.857. The molecule has 0 radical (unpaired) electrons. The van der Waals surface area contributed by atoms with Gasteiger partial charge in [-0.2, -0.15) is 0 Å². The van der Waals surface area contributed by atoms with Crippen LogP contribution in [0.3, 0.4) is 0 Å². The van der Waals surface area contributed by atoms with Crippen molar-refractivity contribution in [1.29, 1.82) is 0 Å². The van der Waals surface area contributed by atoms with Crippen molar-refractivity contribution in [2.75, 3.05) is 6.54 Å². The number of primary amides is 1. The van der Waals surface area contributed by atoms with Gasteiger partial charge in [-0.05, 0) is 37.1 Å². The van der Waals surface area contributed by atoms with Crippen molar-refractivity contribution in [3.63, 3.8) is 0 Å². The van der Waals surface area contributed by atoms with Crippen molar-refractivity contribution in [1.82, 2.24) is 5.32 Å². The van der Waals surface area contributed by atoms with E-state index in [4.69, 9.17) is 11.5 Å². The lowest BCUT2D eigenvalue weighted by atomic mass is 9.88. The Labute approximate surface area is 116 Å². The fourth-order valence-corrected chi connectivity index (χ4v) is 2.15. The molecule has 19 heavy (non-hydrogen) atoms. The molecular weight excluding hydrogens is 242 g/mol. The minimum Gasteiger partial charge on any atom is -0.368 e. The second kappa shape index (κ2) is 8.91. The highest BCUT2D eigenvalue weighted by atomic mass is 16.2. The first-order valence-corrected chi connectivity index (χ1v) is 7.08. The third-order valence-electron chi connectivity index (χ3n) is 3.51. The Morgan fingerprint density at radius 1 is 1.05 bits per heavy atom. The topological polar surface area (TPSA) is 98.2 Å². The molecule has 0 aliphatic heterocycles. The highest BCUT2D eigenvalue weighted by molar-refractivity contribution is 5.86. The normalized spacial score (nSPS) is 14.5. The van der Waals surface area contributed by atoms with Crippen molar-refractivity contribution in [3.8, 4) is 0 Å². The molecule has 5 nitrogen and oxygen atoms in total. The summed E-state index contributed by atoms with van der Waals surface area (Å²) in [6.07, 6.45) is 2.14. The van der Waals surface area contributed by atoms with Crippen LogP contribution in [-0.4, -0.2) is 24.4 Å². The van der Waals surface area contributed by atoms with Crippen LogP contribution in [-0.2, 0) is 9.59 Å². The predicted octanol–water partition coefficient (Wildman–Crippen LogP) is 1.01. The zero-order chi connectivity index (χ0) is 15.0. The Morgan fingerprint density at radius 2 is 1.63 bits per heavy atom. The quantitative estimate of drug-likeness (QED) is 0.583. The minimum atomic E-state index is -0.584. The van der Waals surface area contributed by atoms with Gasteiger partial charge in [0.05, 0.1) is 0 Å². The molecule has 0 heterocycles. The Kier molecular flexibility index (Phi) is 8.39. The molecule has 2 unspecified atom stereocenters. The summed E-state index contributed by atoms with van der Waals surface area (Å²) in [6.45, 7) is 8.64. The SMILES string of the molecule is CC(C)C(CCN)CCC(=O)NC(C(N)=O)C(C)C. The van der Waals surface area contributed by atoms with Gasteiger partial charge in [-0.3, -0.25) is 9.59 Å². The first-order valence-electron chi connectivity index (χ1n) is 7.08. The highest BCUT2D eigenvalue weighted by Crippen LogP contribution is 2.20. The van der Waals surface area contributed by atoms with Crippen LogP contribution in [0, 0.1) is 17.8 Å². The largest absolute Gasteiger partial charge is 0.368 e. The lowest BCUT2D eigenvalue weighted by molar-refractivity contribution is -0.128. The Balaban J connectivity index is 4.26. The molecular formula is C14H29N3O2. The summed E-state index contributed by atoms with van der Waals surface area (Å²) in [4.78, 5) is 23.1. The van der Waals surface area contributed by atoms with Crippen LogP contribution in [0.5, 0.6) is 0 Å². The maximum atomic E-state index is 11.8. The number of carbonyl (C=O) groups excluding carboxylic acids is 2. The van der Waals surface area contributed by atoms with Crippen LogP contribution in [0.1, 0.15) is 47.0 Å². The number of nitrogens with one attached hydrogen (secondary N) is 1. The number of nitrogens with two attached hydrogens (primary N) is 2. The lowest BCUT2D eigenvalue weighted by Crippen LogP contribution is -2.47. The number of amides is 2. The van der Waals surface area contributed by atoms with Gasteiger partial charge in [-0.25, -0.2) is 0 Å². The maximum absolute atomic E-state index is 11.8.